The summed E-state index contributed by atoms with van der Waals surface area (Å²) in [6, 6.07) is 9.77. The van der Waals surface area contributed by atoms with Gasteiger partial charge in [-0.2, -0.15) is 5.26 Å². The van der Waals surface area contributed by atoms with Crippen molar-refractivity contribution in [2.24, 2.45) is 5.92 Å². The van der Waals surface area contributed by atoms with Crippen LogP contribution in [0.1, 0.15) is 24.8 Å². The Morgan fingerprint density at radius 3 is 2.56 bits per heavy atom. The summed E-state index contributed by atoms with van der Waals surface area (Å²) in [5.41, 5.74) is 1.02. The monoisotopic (exact) mass is 245 g/mol. The number of nitriles is 1. The van der Waals surface area contributed by atoms with Crippen LogP contribution in [0, 0.1) is 17.2 Å². The minimum absolute atomic E-state index is 0.449. The fourth-order valence-electron chi connectivity index (χ4n) is 1.77. The van der Waals surface area contributed by atoms with Crippen LogP contribution in [0.25, 0.3) is 0 Å². The van der Waals surface area contributed by atoms with Gasteiger partial charge in [0.15, 0.2) is 0 Å². The molecule has 1 fully saturated rings. The van der Waals surface area contributed by atoms with Gasteiger partial charge in [0.05, 0.1) is 19.1 Å². The third kappa shape index (κ3) is 4.77. The second kappa shape index (κ2) is 7.03. The standard InChI is InChI=1S/C15H19NO2/c16-9-7-13-3-5-15(6-4-13)18-12-11-17-10-8-14-1-2-14/h3-6,14H,1-2,7-8,10-12H2. The molecule has 0 radical (unpaired) electrons. The third-order valence-corrected chi connectivity index (χ3v) is 3.07. The Hall–Kier alpha value is -1.53. The highest BCUT2D eigenvalue weighted by molar-refractivity contribution is 5.28. The molecule has 0 heterocycles. The highest BCUT2D eigenvalue weighted by atomic mass is 16.5. The number of benzene rings is 1. The topological polar surface area (TPSA) is 42.2 Å². The van der Waals surface area contributed by atoms with Crippen LogP contribution in [0.3, 0.4) is 0 Å². The molecule has 1 aromatic carbocycles. The van der Waals surface area contributed by atoms with E-state index in [1.807, 2.05) is 24.3 Å². The van der Waals surface area contributed by atoms with E-state index in [0.29, 0.717) is 19.6 Å². The van der Waals surface area contributed by atoms with Crippen LogP contribution in [-0.4, -0.2) is 19.8 Å². The van der Waals surface area contributed by atoms with Crippen molar-refractivity contribution in [1.82, 2.24) is 0 Å². The van der Waals surface area contributed by atoms with Gasteiger partial charge in [-0.15, -0.1) is 0 Å². The second-order valence-electron chi connectivity index (χ2n) is 4.67. The maximum atomic E-state index is 8.56. The maximum Gasteiger partial charge on any atom is 0.119 e. The summed E-state index contributed by atoms with van der Waals surface area (Å²) in [4.78, 5) is 0. The maximum absolute atomic E-state index is 8.56. The highest BCUT2D eigenvalue weighted by Crippen LogP contribution is 2.31. The number of ether oxygens (including phenoxy) is 2. The Morgan fingerprint density at radius 2 is 1.89 bits per heavy atom. The van der Waals surface area contributed by atoms with E-state index in [1.54, 1.807) is 0 Å². The summed E-state index contributed by atoms with van der Waals surface area (Å²) < 4.78 is 11.1. The fourth-order valence-corrected chi connectivity index (χ4v) is 1.77. The van der Waals surface area contributed by atoms with Crippen LogP contribution in [0.15, 0.2) is 24.3 Å². The van der Waals surface area contributed by atoms with Crippen LogP contribution in [0.2, 0.25) is 0 Å². The molecule has 2 rings (SSSR count). The Labute approximate surface area is 108 Å². The molecule has 0 atom stereocenters. The van der Waals surface area contributed by atoms with Crippen LogP contribution in [0.4, 0.5) is 0 Å². The average molecular weight is 245 g/mol. The normalized spacial score (nSPS) is 14.2. The molecule has 3 nitrogen and oxygen atoms in total. The molecule has 96 valence electrons. The van der Waals surface area contributed by atoms with Crippen molar-refractivity contribution in [3.8, 4) is 11.8 Å². The molecule has 0 aromatic heterocycles. The van der Waals surface area contributed by atoms with Gasteiger partial charge in [0.2, 0.25) is 0 Å². The minimum Gasteiger partial charge on any atom is -0.491 e. The lowest BCUT2D eigenvalue weighted by Gasteiger charge is -2.07. The lowest BCUT2D eigenvalue weighted by molar-refractivity contribution is 0.0958. The first-order valence-corrected chi connectivity index (χ1v) is 6.55. The molecular weight excluding hydrogens is 226 g/mol. The van der Waals surface area contributed by atoms with E-state index in [9.17, 15) is 0 Å². The number of rotatable bonds is 8. The zero-order chi connectivity index (χ0) is 12.6. The van der Waals surface area contributed by atoms with Gasteiger partial charge < -0.3 is 9.47 Å². The summed E-state index contributed by atoms with van der Waals surface area (Å²) in [6.45, 7) is 2.09. The van der Waals surface area contributed by atoms with E-state index >= 15 is 0 Å². The SMILES string of the molecule is N#CCc1ccc(OCCOCCC2CC2)cc1. The largest absolute Gasteiger partial charge is 0.491 e. The predicted octanol–water partition coefficient (Wildman–Crippen LogP) is 2.95. The summed E-state index contributed by atoms with van der Waals surface area (Å²) >= 11 is 0. The van der Waals surface area contributed by atoms with Gasteiger partial charge in [-0.1, -0.05) is 25.0 Å². The van der Waals surface area contributed by atoms with Crippen molar-refractivity contribution < 1.29 is 9.47 Å². The third-order valence-electron chi connectivity index (χ3n) is 3.07. The predicted molar refractivity (Wildman–Crippen MR) is 69.4 cm³/mol. The highest BCUT2D eigenvalue weighted by Gasteiger charge is 2.20. The zero-order valence-corrected chi connectivity index (χ0v) is 10.6. The van der Waals surface area contributed by atoms with Gasteiger partial charge >= 0.3 is 0 Å². The summed E-state index contributed by atoms with van der Waals surface area (Å²) in [5.74, 6) is 1.76. The van der Waals surface area contributed by atoms with Crippen LogP contribution in [-0.2, 0) is 11.2 Å². The first-order valence-electron chi connectivity index (χ1n) is 6.55. The number of nitrogens with zero attached hydrogens (tertiary/aromatic N) is 1. The molecule has 0 unspecified atom stereocenters. The molecule has 18 heavy (non-hydrogen) atoms. The average Bonchev–Trinajstić information content (AvgIpc) is 3.20. The molecule has 0 spiro atoms. The molecule has 1 aromatic rings. The summed E-state index contributed by atoms with van der Waals surface area (Å²) in [7, 11) is 0. The smallest absolute Gasteiger partial charge is 0.119 e. The molecule has 0 amide bonds. The van der Waals surface area contributed by atoms with Gasteiger partial charge in [0.1, 0.15) is 12.4 Å². The van der Waals surface area contributed by atoms with E-state index in [-0.39, 0.29) is 0 Å². The van der Waals surface area contributed by atoms with Gasteiger partial charge in [0.25, 0.3) is 0 Å². The molecule has 1 saturated carbocycles. The van der Waals surface area contributed by atoms with Crippen molar-refractivity contribution in [1.29, 1.82) is 5.26 Å². The van der Waals surface area contributed by atoms with E-state index in [2.05, 4.69) is 6.07 Å². The zero-order valence-electron chi connectivity index (χ0n) is 10.6. The van der Waals surface area contributed by atoms with Crippen molar-refractivity contribution in [3.63, 3.8) is 0 Å². The molecule has 1 aliphatic carbocycles. The van der Waals surface area contributed by atoms with Gasteiger partial charge in [0, 0.05) is 6.61 Å². The fraction of sp³-hybridized carbons (Fsp3) is 0.533. The number of hydrogen-bond donors (Lipinski definition) is 0. The molecule has 0 aliphatic heterocycles. The van der Waals surface area contributed by atoms with Crippen molar-refractivity contribution >= 4 is 0 Å². The van der Waals surface area contributed by atoms with E-state index in [0.717, 1.165) is 23.8 Å². The molecule has 0 bridgehead atoms. The summed E-state index contributed by atoms with van der Waals surface area (Å²) in [6.07, 6.45) is 4.41. The molecule has 1 aliphatic rings. The minimum atomic E-state index is 0.449. The van der Waals surface area contributed by atoms with Gasteiger partial charge in [-0.3, -0.25) is 0 Å². The summed E-state index contributed by atoms with van der Waals surface area (Å²) in [5, 5.41) is 8.56. The van der Waals surface area contributed by atoms with E-state index in [4.69, 9.17) is 14.7 Å². The van der Waals surface area contributed by atoms with Crippen LogP contribution < -0.4 is 4.74 Å². The first-order chi connectivity index (χ1) is 8.88. The van der Waals surface area contributed by atoms with Crippen LogP contribution >= 0.6 is 0 Å². The first kappa shape index (κ1) is 12.9. The Balaban J connectivity index is 1.56. The lowest BCUT2D eigenvalue weighted by atomic mass is 10.2. The Morgan fingerprint density at radius 1 is 1.11 bits per heavy atom. The van der Waals surface area contributed by atoms with Gasteiger partial charge in [-0.05, 0) is 30.0 Å². The molecule has 0 N–H and O–H groups in total. The Kier molecular flexibility index (Phi) is 5.04. The molecule has 3 heteroatoms. The quantitative estimate of drug-likeness (QED) is 0.661. The second-order valence-corrected chi connectivity index (χ2v) is 4.67. The molecule has 0 saturated heterocycles. The Bertz CT molecular complexity index is 390. The van der Waals surface area contributed by atoms with Crippen molar-refractivity contribution in [3.05, 3.63) is 29.8 Å². The lowest BCUT2D eigenvalue weighted by Crippen LogP contribution is -2.07. The van der Waals surface area contributed by atoms with Crippen LogP contribution in [0.5, 0.6) is 5.75 Å². The van der Waals surface area contributed by atoms with Gasteiger partial charge in [-0.25, -0.2) is 0 Å². The van der Waals surface area contributed by atoms with E-state index < -0.39 is 0 Å². The van der Waals surface area contributed by atoms with E-state index in [1.165, 1.54) is 19.3 Å². The number of hydrogen-bond acceptors (Lipinski definition) is 3. The van der Waals surface area contributed by atoms with Crippen molar-refractivity contribution in [2.75, 3.05) is 19.8 Å². The van der Waals surface area contributed by atoms with Crippen molar-refractivity contribution in [2.45, 2.75) is 25.7 Å². The molecular formula is C15H19NO2.